The van der Waals surface area contributed by atoms with Gasteiger partial charge in [0, 0.05) is 0 Å². The number of hydrogen-bond donors (Lipinski definition) is 0. The number of carbonyl (C=O) groups is 1. The number of benzene rings is 3. The van der Waals surface area contributed by atoms with Gasteiger partial charge in [0.15, 0.2) is 0 Å². The van der Waals surface area contributed by atoms with Crippen molar-refractivity contribution in [2.45, 2.75) is 0 Å². The van der Waals surface area contributed by atoms with E-state index in [0.29, 0.717) is 0 Å². The molecule has 0 heterocycles. The normalized spacial score (nSPS) is 13.6. The molecule has 0 bridgehead atoms. The van der Waals surface area contributed by atoms with Gasteiger partial charge in [0.05, 0.1) is 0 Å². The monoisotopic (exact) mass is 460 g/mol. The molecule has 0 aromatic heterocycles. The molecule has 0 atom stereocenters. The van der Waals surface area contributed by atoms with Gasteiger partial charge in [0.2, 0.25) is 0 Å². The average Bonchev–Trinajstić information content (AvgIpc) is 3.29. The minimum atomic E-state index is -3.98. The standard InChI is InChI=1S/C6H6O2.3C6H5.Sn/c7-6(8)5-3-1-2-4-5;3*1-2-4-6-5-3-1;/h1-5H,(H,7,8);3*1-5H;/q;;;;+1/p-1. The van der Waals surface area contributed by atoms with E-state index in [1.54, 1.807) is 0 Å². The molecule has 0 unspecified atom stereocenters. The number of allylic oxidation sites excluding steroid dienone is 2. The first-order valence-corrected chi connectivity index (χ1v) is 14.5. The second kappa shape index (κ2) is 7.97. The van der Waals surface area contributed by atoms with Crippen molar-refractivity contribution < 1.29 is 7.87 Å². The molecule has 0 spiro atoms. The summed E-state index contributed by atoms with van der Waals surface area (Å²) >= 11 is -3.98. The van der Waals surface area contributed by atoms with Gasteiger partial charge in [-0.15, -0.1) is 0 Å². The molecule has 0 saturated carbocycles. The summed E-state index contributed by atoms with van der Waals surface area (Å²) < 4.78 is 9.93. The van der Waals surface area contributed by atoms with Crippen LogP contribution >= 0.6 is 0 Å². The molecule has 0 aliphatic heterocycles. The van der Waals surface area contributed by atoms with Crippen molar-refractivity contribution in [2.24, 2.45) is 5.92 Å². The zero-order chi connectivity index (χ0) is 18.5. The molecule has 1 aliphatic rings. The van der Waals surface area contributed by atoms with E-state index in [2.05, 4.69) is 36.4 Å². The van der Waals surface area contributed by atoms with Gasteiger partial charge in [-0.3, -0.25) is 0 Å². The number of rotatable bonds is 5. The third-order valence-electron chi connectivity index (χ3n) is 4.81. The minimum absolute atomic E-state index is 0.174. The van der Waals surface area contributed by atoms with Crippen LogP contribution in [0.4, 0.5) is 0 Å². The van der Waals surface area contributed by atoms with Gasteiger partial charge in [-0.1, -0.05) is 0 Å². The molecule has 3 heteroatoms. The van der Waals surface area contributed by atoms with Gasteiger partial charge < -0.3 is 0 Å². The predicted molar refractivity (Wildman–Crippen MR) is 112 cm³/mol. The summed E-state index contributed by atoms with van der Waals surface area (Å²) in [5.41, 5.74) is 0. The molecule has 4 rings (SSSR count). The summed E-state index contributed by atoms with van der Waals surface area (Å²) in [6.07, 6.45) is 7.58. The third kappa shape index (κ3) is 3.49. The Labute approximate surface area is 164 Å². The molecule has 3 aromatic rings. The number of carbonyl (C=O) groups excluding carboxylic acids is 1. The molecule has 1 aliphatic carbocycles. The summed E-state index contributed by atoms with van der Waals surface area (Å²) in [5, 5.41) is 0. The molecular formula is C24H20O2Sn. The van der Waals surface area contributed by atoms with Gasteiger partial charge in [0.1, 0.15) is 0 Å². The Bertz CT molecular complexity index is 854. The van der Waals surface area contributed by atoms with Crippen LogP contribution in [0.5, 0.6) is 0 Å². The fourth-order valence-corrected chi connectivity index (χ4v) is 14.3. The van der Waals surface area contributed by atoms with E-state index in [9.17, 15) is 4.79 Å². The van der Waals surface area contributed by atoms with Crippen molar-refractivity contribution in [3.8, 4) is 0 Å². The summed E-state index contributed by atoms with van der Waals surface area (Å²) in [6.45, 7) is 0. The van der Waals surface area contributed by atoms with Crippen LogP contribution in [0, 0.1) is 5.92 Å². The van der Waals surface area contributed by atoms with Crippen LogP contribution in [0.1, 0.15) is 0 Å². The molecule has 0 amide bonds. The van der Waals surface area contributed by atoms with E-state index >= 15 is 0 Å². The number of hydrogen-bond acceptors (Lipinski definition) is 2. The SMILES string of the molecule is O=C([O][Sn]([c]1ccccc1)([c]1ccccc1)[c]1ccccc1)C1C=CC=C1. The van der Waals surface area contributed by atoms with Gasteiger partial charge in [-0.05, 0) is 0 Å². The Morgan fingerprint density at radius 1 is 0.630 bits per heavy atom. The average molecular weight is 459 g/mol. The maximum atomic E-state index is 13.1. The fourth-order valence-electron chi connectivity index (χ4n) is 3.50. The molecule has 0 saturated heterocycles. The Morgan fingerprint density at radius 2 is 1.00 bits per heavy atom. The van der Waals surface area contributed by atoms with E-state index in [1.807, 2.05) is 78.9 Å². The fraction of sp³-hybridized carbons (Fsp3) is 0.0417. The van der Waals surface area contributed by atoms with E-state index in [4.69, 9.17) is 3.07 Å². The summed E-state index contributed by atoms with van der Waals surface area (Å²) in [7, 11) is 0. The third-order valence-corrected chi connectivity index (χ3v) is 16.1. The molecule has 3 aromatic carbocycles. The summed E-state index contributed by atoms with van der Waals surface area (Å²) in [5.74, 6) is -0.482. The molecular weight excluding hydrogens is 439 g/mol. The molecule has 0 radical (unpaired) electrons. The van der Waals surface area contributed by atoms with Crippen LogP contribution in [0.15, 0.2) is 115 Å². The molecule has 27 heavy (non-hydrogen) atoms. The van der Waals surface area contributed by atoms with Crippen LogP contribution in [0.3, 0.4) is 0 Å². The van der Waals surface area contributed by atoms with E-state index < -0.39 is 18.8 Å². The summed E-state index contributed by atoms with van der Waals surface area (Å²) in [6, 6.07) is 30.7. The van der Waals surface area contributed by atoms with Crippen molar-refractivity contribution in [1.82, 2.24) is 0 Å². The van der Waals surface area contributed by atoms with Crippen LogP contribution in [0.2, 0.25) is 0 Å². The van der Waals surface area contributed by atoms with Crippen molar-refractivity contribution in [3.63, 3.8) is 0 Å². The van der Waals surface area contributed by atoms with Gasteiger partial charge in [-0.2, -0.15) is 0 Å². The van der Waals surface area contributed by atoms with Crippen molar-refractivity contribution in [3.05, 3.63) is 115 Å². The van der Waals surface area contributed by atoms with Crippen LogP contribution in [0.25, 0.3) is 0 Å². The van der Waals surface area contributed by atoms with Gasteiger partial charge in [0.25, 0.3) is 0 Å². The van der Waals surface area contributed by atoms with Crippen molar-refractivity contribution in [2.75, 3.05) is 0 Å². The quantitative estimate of drug-likeness (QED) is 0.549. The van der Waals surface area contributed by atoms with Crippen molar-refractivity contribution >= 4 is 35.5 Å². The first kappa shape index (κ1) is 17.8. The summed E-state index contributed by atoms with van der Waals surface area (Å²) in [4.78, 5) is 13.1. The first-order chi connectivity index (χ1) is 13.3. The van der Waals surface area contributed by atoms with Crippen LogP contribution in [-0.2, 0) is 7.87 Å². The van der Waals surface area contributed by atoms with Crippen molar-refractivity contribution in [1.29, 1.82) is 0 Å². The van der Waals surface area contributed by atoms with Gasteiger partial charge >= 0.3 is 165 Å². The molecule has 132 valence electrons. The topological polar surface area (TPSA) is 26.3 Å². The molecule has 0 N–H and O–H groups in total. The second-order valence-electron chi connectivity index (χ2n) is 6.50. The zero-order valence-corrected chi connectivity index (χ0v) is 17.7. The predicted octanol–water partition coefficient (Wildman–Crippen LogP) is 2.94. The van der Waals surface area contributed by atoms with E-state index in [1.165, 1.54) is 0 Å². The first-order valence-electron chi connectivity index (χ1n) is 9.05. The van der Waals surface area contributed by atoms with Gasteiger partial charge in [-0.25, -0.2) is 0 Å². The van der Waals surface area contributed by atoms with E-state index in [0.717, 1.165) is 10.7 Å². The molecule has 2 nitrogen and oxygen atoms in total. The Kier molecular flexibility index (Phi) is 5.25. The Morgan fingerprint density at radius 3 is 1.37 bits per heavy atom. The Hall–Kier alpha value is -2.59. The van der Waals surface area contributed by atoms with Crippen LogP contribution < -0.4 is 10.7 Å². The second-order valence-corrected chi connectivity index (χ2v) is 15.9. The maximum absolute atomic E-state index is 13.1. The van der Waals surface area contributed by atoms with E-state index in [-0.39, 0.29) is 11.9 Å². The zero-order valence-electron chi connectivity index (χ0n) is 14.9. The Balaban J connectivity index is 1.93. The molecule has 0 fully saturated rings. The van der Waals surface area contributed by atoms with Crippen LogP contribution in [-0.4, -0.2) is 24.8 Å².